The Kier molecular flexibility index (Phi) is 5.91. The molecular formula is C20H23N3O2S3. The quantitative estimate of drug-likeness (QED) is 0.583. The second kappa shape index (κ2) is 8.41. The first-order valence-electron chi connectivity index (χ1n) is 9.48. The molecule has 0 spiro atoms. The number of benzene rings is 1. The average molecular weight is 434 g/mol. The lowest BCUT2D eigenvalue weighted by molar-refractivity contribution is 0.424. The Labute approximate surface area is 174 Å². The van der Waals surface area contributed by atoms with E-state index in [1.54, 1.807) is 39.1 Å². The van der Waals surface area contributed by atoms with Gasteiger partial charge in [-0.2, -0.15) is 4.31 Å². The van der Waals surface area contributed by atoms with Crippen LogP contribution in [0, 0.1) is 6.92 Å². The molecule has 0 unspecified atom stereocenters. The monoisotopic (exact) mass is 433 g/mol. The highest BCUT2D eigenvalue weighted by molar-refractivity contribution is 7.89. The Morgan fingerprint density at radius 3 is 2.21 bits per heavy atom. The molecule has 1 aliphatic heterocycles. The second-order valence-corrected chi connectivity index (χ2v) is 10.9. The Morgan fingerprint density at radius 2 is 1.57 bits per heavy atom. The number of aryl methyl sites for hydroxylation is 1. The fourth-order valence-electron chi connectivity index (χ4n) is 3.37. The summed E-state index contributed by atoms with van der Waals surface area (Å²) < 4.78 is 27.4. The zero-order chi connectivity index (χ0) is 19.6. The van der Waals surface area contributed by atoms with Crippen molar-refractivity contribution in [2.45, 2.75) is 43.9 Å². The number of thiazole rings is 2. The summed E-state index contributed by atoms with van der Waals surface area (Å²) >= 11 is 3.27. The third-order valence-corrected chi connectivity index (χ3v) is 8.60. The van der Waals surface area contributed by atoms with Gasteiger partial charge in [-0.25, -0.2) is 18.4 Å². The first-order chi connectivity index (χ1) is 13.5. The standard InChI is InChI=1S/C20H23N3O2S3/c1-15-13-26-19(21-15)12-20-22-18(14-27-20)16-6-8-17(9-7-16)28(24,25)23-10-4-2-3-5-11-23/h6-9,13-14H,2-5,10-12H2,1H3. The summed E-state index contributed by atoms with van der Waals surface area (Å²) in [6.07, 6.45) is 4.84. The smallest absolute Gasteiger partial charge is 0.243 e. The summed E-state index contributed by atoms with van der Waals surface area (Å²) in [5, 5.41) is 6.16. The minimum atomic E-state index is -3.41. The van der Waals surface area contributed by atoms with Crippen molar-refractivity contribution in [1.29, 1.82) is 0 Å². The number of hydrogen-bond donors (Lipinski definition) is 0. The fourth-order valence-corrected chi connectivity index (χ4v) is 6.56. The molecule has 2 aromatic heterocycles. The minimum absolute atomic E-state index is 0.367. The van der Waals surface area contributed by atoms with E-state index in [9.17, 15) is 8.42 Å². The van der Waals surface area contributed by atoms with E-state index in [0.717, 1.165) is 59.1 Å². The van der Waals surface area contributed by atoms with E-state index in [1.165, 1.54) is 0 Å². The average Bonchev–Trinajstić information content (AvgIpc) is 3.21. The van der Waals surface area contributed by atoms with Gasteiger partial charge in [-0.15, -0.1) is 22.7 Å². The van der Waals surface area contributed by atoms with Gasteiger partial charge < -0.3 is 0 Å². The minimum Gasteiger partial charge on any atom is -0.246 e. The molecule has 0 aliphatic carbocycles. The third kappa shape index (κ3) is 4.35. The summed E-state index contributed by atoms with van der Waals surface area (Å²) in [4.78, 5) is 9.56. The van der Waals surface area contributed by atoms with Crippen LogP contribution in [0.1, 0.15) is 41.4 Å². The van der Waals surface area contributed by atoms with E-state index in [0.29, 0.717) is 18.0 Å². The van der Waals surface area contributed by atoms with E-state index in [-0.39, 0.29) is 0 Å². The van der Waals surface area contributed by atoms with Gasteiger partial charge in [0.25, 0.3) is 0 Å². The Morgan fingerprint density at radius 1 is 0.929 bits per heavy atom. The second-order valence-electron chi connectivity index (χ2n) is 7.03. The summed E-state index contributed by atoms with van der Waals surface area (Å²) in [7, 11) is -3.41. The molecule has 0 N–H and O–H groups in total. The van der Waals surface area contributed by atoms with Gasteiger partial charge in [0.2, 0.25) is 10.0 Å². The maximum atomic E-state index is 12.9. The molecule has 1 fully saturated rings. The molecule has 0 saturated carbocycles. The van der Waals surface area contributed by atoms with Gasteiger partial charge >= 0.3 is 0 Å². The summed E-state index contributed by atoms with van der Waals surface area (Å²) in [6.45, 7) is 3.24. The Bertz CT molecular complexity index is 1030. The first kappa shape index (κ1) is 19.7. The van der Waals surface area contributed by atoms with Gasteiger partial charge in [0.1, 0.15) is 5.01 Å². The van der Waals surface area contributed by atoms with Gasteiger partial charge in [0.05, 0.1) is 22.0 Å². The number of hydrogen-bond acceptors (Lipinski definition) is 6. The molecule has 0 bridgehead atoms. The van der Waals surface area contributed by atoms with Crippen molar-refractivity contribution in [3.63, 3.8) is 0 Å². The van der Waals surface area contributed by atoms with Crippen molar-refractivity contribution in [2.75, 3.05) is 13.1 Å². The van der Waals surface area contributed by atoms with E-state index < -0.39 is 10.0 Å². The lowest BCUT2D eigenvalue weighted by Gasteiger charge is -2.19. The van der Waals surface area contributed by atoms with Crippen LogP contribution in [0.3, 0.4) is 0 Å². The number of sulfonamides is 1. The molecule has 148 valence electrons. The molecule has 4 rings (SSSR count). The fraction of sp³-hybridized carbons (Fsp3) is 0.400. The van der Waals surface area contributed by atoms with Crippen molar-refractivity contribution >= 4 is 32.7 Å². The summed E-state index contributed by atoms with van der Waals surface area (Å²) in [5.41, 5.74) is 2.86. The van der Waals surface area contributed by atoms with Gasteiger partial charge in [-0.3, -0.25) is 0 Å². The molecule has 28 heavy (non-hydrogen) atoms. The van der Waals surface area contributed by atoms with Crippen LogP contribution < -0.4 is 0 Å². The maximum absolute atomic E-state index is 12.9. The molecule has 0 amide bonds. The van der Waals surface area contributed by atoms with Gasteiger partial charge in [-0.1, -0.05) is 25.0 Å². The molecule has 0 atom stereocenters. The zero-order valence-electron chi connectivity index (χ0n) is 15.8. The summed E-state index contributed by atoms with van der Waals surface area (Å²) in [6, 6.07) is 7.13. The van der Waals surface area contributed by atoms with E-state index in [2.05, 4.69) is 4.98 Å². The normalized spacial score (nSPS) is 16.2. The van der Waals surface area contributed by atoms with Crippen LogP contribution in [-0.2, 0) is 16.4 Å². The molecule has 1 aromatic carbocycles. The highest BCUT2D eigenvalue weighted by Gasteiger charge is 2.25. The topological polar surface area (TPSA) is 63.2 Å². The zero-order valence-corrected chi connectivity index (χ0v) is 18.2. The highest BCUT2D eigenvalue weighted by Crippen LogP contribution is 2.27. The molecule has 8 heteroatoms. The molecule has 3 aromatic rings. The number of rotatable bonds is 5. The predicted octanol–water partition coefficient (Wildman–Crippen LogP) is 4.73. The lowest BCUT2D eigenvalue weighted by atomic mass is 10.2. The van der Waals surface area contributed by atoms with Crippen LogP contribution >= 0.6 is 22.7 Å². The number of nitrogens with zero attached hydrogens (tertiary/aromatic N) is 3. The van der Waals surface area contributed by atoms with Gasteiger partial charge in [0, 0.05) is 35.1 Å². The van der Waals surface area contributed by atoms with E-state index >= 15 is 0 Å². The largest absolute Gasteiger partial charge is 0.246 e. The van der Waals surface area contributed by atoms with Crippen LogP contribution in [0.4, 0.5) is 0 Å². The van der Waals surface area contributed by atoms with Crippen LogP contribution in [0.25, 0.3) is 11.3 Å². The third-order valence-electron chi connectivity index (χ3n) is 4.87. The molecule has 5 nitrogen and oxygen atoms in total. The first-order valence-corrected chi connectivity index (χ1v) is 12.7. The van der Waals surface area contributed by atoms with Crippen molar-refractivity contribution in [2.24, 2.45) is 0 Å². The SMILES string of the molecule is Cc1csc(Cc2nc(-c3ccc(S(=O)(=O)N4CCCCCC4)cc3)cs2)n1. The van der Waals surface area contributed by atoms with Crippen LogP contribution in [0.15, 0.2) is 39.9 Å². The number of aromatic nitrogens is 2. The van der Waals surface area contributed by atoms with Crippen molar-refractivity contribution < 1.29 is 8.42 Å². The molecule has 1 saturated heterocycles. The molecule has 1 aliphatic rings. The Balaban J connectivity index is 1.50. The maximum Gasteiger partial charge on any atom is 0.243 e. The van der Waals surface area contributed by atoms with Crippen LogP contribution in [0.2, 0.25) is 0 Å². The van der Waals surface area contributed by atoms with Crippen molar-refractivity contribution in [3.8, 4) is 11.3 Å². The lowest BCUT2D eigenvalue weighted by Crippen LogP contribution is -2.31. The summed E-state index contributed by atoms with van der Waals surface area (Å²) in [5.74, 6) is 0. The van der Waals surface area contributed by atoms with Crippen molar-refractivity contribution in [3.05, 3.63) is 50.7 Å². The van der Waals surface area contributed by atoms with Crippen molar-refractivity contribution in [1.82, 2.24) is 14.3 Å². The van der Waals surface area contributed by atoms with Crippen LogP contribution in [-0.4, -0.2) is 35.8 Å². The molecule has 0 radical (unpaired) electrons. The van der Waals surface area contributed by atoms with Crippen LogP contribution in [0.5, 0.6) is 0 Å². The van der Waals surface area contributed by atoms with E-state index in [4.69, 9.17) is 4.98 Å². The molecular weight excluding hydrogens is 410 g/mol. The van der Waals surface area contributed by atoms with E-state index in [1.807, 2.05) is 29.8 Å². The molecule has 3 heterocycles. The highest BCUT2D eigenvalue weighted by atomic mass is 32.2. The Hall–Kier alpha value is -1.61. The van der Waals surface area contributed by atoms with Gasteiger partial charge in [0.15, 0.2) is 0 Å². The van der Waals surface area contributed by atoms with Gasteiger partial charge in [-0.05, 0) is 31.9 Å². The predicted molar refractivity (Wildman–Crippen MR) is 114 cm³/mol.